The molecule has 1 aromatic carbocycles. The first-order valence-electron chi connectivity index (χ1n) is 13.5. The summed E-state index contributed by atoms with van der Waals surface area (Å²) in [6.45, 7) is 8.14. The van der Waals surface area contributed by atoms with Crippen LogP contribution < -0.4 is 19.9 Å². The van der Waals surface area contributed by atoms with E-state index in [-0.39, 0.29) is 17.9 Å². The molecule has 1 aliphatic carbocycles. The zero-order chi connectivity index (χ0) is 27.0. The Morgan fingerprint density at radius 2 is 1.95 bits per heavy atom. The molecular formula is C28H38N6O4. The summed E-state index contributed by atoms with van der Waals surface area (Å²) in [7, 11) is 3.46. The number of amides is 2. The molecule has 2 aliphatic heterocycles. The van der Waals surface area contributed by atoms with E-state index >= 15 is 0 Å². The summed E-state index contributed by atoms with van der Waals surface area (Å²) in [5.74, 6) is 1.75. The number of anilines is 4. The molecule has 5 rings (SSSR count). The molecule has 1 saturated carbocycles. The molecule has 0 radical (unpaired) electrons. The van der Waals surface area contributed by atoms with Gasteiger partial charge in [0.25, 0.3) is 5.91 Å². The number of aromatic nitrogens is 2. The van der Waals surface area contributed by atoms with E-state index in [1.165, 1.54) is 12.8 Å². The van der Waals surface area contributed by atoms with Crippen LogP contribution in [0.25, 0.3) is 0 Å². The molecule has 1 N–H and O–H groups in total. The van der Waals surface area contributed by atoms with Crippen molar-refractivity contribution in [3.05, 3.63) is 30.0 Å². The summed E-state index contributed by atoms with van der Waals surface area (Å²) in [4.78, 5) is 41.4. The monoisotopic (exact) mass is 522 g/mol. The van der Waals surface area contributed by atoms with Crippen molar-refractivity contribution >= 4 is 35.0 Å². The molecule has 10 heteroatoms. The van der Waals surface area contributed by atoms with Gasteiger partial charge in [0.05, 0.1) is 30.0 Å². The Balaban J connectivity index is 1.44. The third-order valence-corrected chi connectivity index (χ3v) is 7.84. The van der Waals surface area contributed by atoms with Gasteiger partial charge in [-0.15, -0.1) is 0 Å². The highest BCUT2D eigenvalue weighted by molar-refractivity contribution is 6.01. The molecule has 2 fully saturated rings. The number of ether oxygens (including phenoxy) is 2. The van der Waals surface area contributed by atoms with Crippen LogP contribution >= 0.6 is 0 Å². The average Bonchev–Trinajstić information content (AvgIpc) is 3.39. The van der Waals surface area contributed by atoms with Crippen LogP contribution in [0.15, 0.2) is 24.4 Å². The topological polar surface area (TPSA) is 100 Å². The largest absolute Gasteiger partial charge is 0.492 e. The molecule has 2 aromatic rings. The molecule has 0 atom stereocenters. The molecule has 2 amide bonds. The first kappa shape index (κ1) is 26.2. The van der Waals surface area contributed by atoms with Crippen molar-refractivity contribution in [2.24, 2.45) is 5.41 Å². The van der Waals surface area contributed by atoms with Crippen LogP contribution in [-0.4, -0.2) is 79.2 Å². The summed E-state index contributed by atoms with van der Waals surface area (Å²) in [6, 6.07) is 5.72. The van der Waals surface area contributed by atoms with Gasteiger partial charge >= 0.3 is 0 Å². The second-order valence-electron chi connectivity index (χ2n) is 11.1. The summed E-state index contributed by atoms with van der Waals surface area (Å²) in [5.41, 5.74) is 1.40. The summed E-state index contributed by atoms with van der Waals surface area (Å²) in [5, 5.41) is 3.30. The molecule has 3 heterocycles. The van der Waals surface area contributed by atoms with Crippen molar-refractivity contribution in [3.8, 4) is 5.75 Å². The van der Waals surface area contributed by atoms with Gasteiger partial charge in [0.2, 0.25) is 11.9 Å². The number of hydrogen-bond acceptors (Lipinski definition) is 8. The van der Waals surface area contributed by atoms with Crippen molar-refractivity contribution in [3.63, 3.8) is 0 Å². The minimum Gasteiger partial charge on any atom is -0.492 e. The normalized spacial score (nSPS) is 19.7. The number of fused-ring (bicyclic) bond motifs is 1. The van der Waals surface area contributed by atoms with E-state index in [1.54, 1.807) is 42.3 Å². The van der Waals surface area contributed by atoms with E-state index in [1.807, 2.05) is 26.8 Å². The quantitative estimate of drug-likeness (QED) is 0.586. The average molecular weight is 523 g/mol. The van der Waals surface area contributed by atoms with E-state index in [0.29, 0.717) is 60.9 Å². The molecule has 204 valence electrons. The van der Waals surface area contributed by atoms with Crippen LogP contribution in [0.4, 0.5) is 23.1 Å². The lowest BCUT2D eigenvalue weighted by Crippen LogP contribution is -2.54. The minimum absolute atomic E-state index is 0.0467. The van der Waals surface area contributed by atoms with Crippen LogP contribution in [0, 0.1) is 5.41 Å². The van der Waals surface area contributed by atoms with E-state index in [0.717, 1.165) is 18.7 Å². The molecule has 1 saturated heterocycles. The Kier molecular flexibility index (Phi) is 7.17. The predicted octanol–water partition coefficient (Wildman–Crippen LogP) is 3.84. The zero-order valence-electron chi connectivity index (χ0n) is 23.0. The maximum Gasteiger partial charge on any atom is 0.254 e. The van der Waals surface area contributed by atoms with E-state index in [2.05, 4.69) is 15.2 Å². The van der Waals surface area contributed by atoms with Gasteiger partial charge in [-0.25, -0.2) is 4.98 Å². The first-order chi connectivity index (χ1) is 18.2. The number of benzene rings is 1. The highest BCUT2D eigenvalue weighted by Gasteiger charge is 2.41. The standard InChI is InChI=1S/C28H38N6O4/c1-6-38-23-13-18(25(35)33-15-20(16-33)37-5)11-12-21(23)30-27-29-14-22-24(31-27)34(19-9-7-8-10-19)17-28(2,3)26(36)32(22)4/h11-14,19-20H,6-10,15-17H2,1-5H3,(H,29,30,31). The second kappa shape index (κ2) is 10.4. The Morgan fingerprint density at radius 3 is 2.63 bits per heavy atom. The molecule has 0 bridgehead atoms. The maximum atomic E-state index is 13.3. The first-order valence-corrected chi connectivity index (χ1v) is 13.5. The van der Waals surface area contributed by atoms with Gasteiger partial charge in [0, 0.05) is 45.4 Å². The number of carbonyl (C=O) groups excluding carboxylic acids is 2. The number of methoxy groups -OCH3 is 1. The molecule has 3 aliphatic rings. The lowest BCUT2D eigenvalue weighted by atomic mass is 9.91. The lowest BCUT2D eigenvalue weighted by Gasteiger charge is -2.38. The number of likely N-dealkylation sites (tertiary alicyclic amines) is 1. The molecular weight excluding hydrogens is 484 g/mol. The third-order valence-electron chi connectivity index (χ3n) is 7.84. The van der Waals surface area contributed by atoms with Crippen molar-refractivity contribution in [2.75, 3.05) is 55.5 Å². The number of nitrogens with one attached hydrogen (secondary N) is 1. The van der Waals surface area contributed by atoms with Crippen LogP contribution in [0.2, 0.25) is 0 Å². The maximum absolute atomic E-state index is 13.3. The molecule has 10 nitrogen and oxygen atoms in total. The highest BCUT2D eigenvalue weighted by Crippen LogP contribution is 2.40. The number of rotatable bonds is 7. The molecule has 1 aromatic heterocycles. The molecule has 0 unspecified atom stereocenters. The fourth-order valence-corrected chi connectivity index (χ4v) is 5.61. The van der Waals surface area contributed by atoms with Gasteiger partial charge in [-0.3, -0.25) is 9.59 Å². The Morgan fingerprint density at radius 1 is 1.21 bits per heavy atom. The van der Waals surface area contributed by atoms with Crippen molar-refractivity contribution < 1.29 is 19.1 Å². The van der Waals surface area contributed by atoms with E-state index in [4.69, 9.17) is 14.5 Å². The Labute approximate surface area is 224 Å². The Bertz CT molecular complexity index is 1210. The van der Waals surface area contributed by atoms with Gasteiger partial charge in [-0.1, -0.05) is 12.8 Å². The van der Waals surface area contributed by atoms with Crippen LogP contribution in [0.5, 0.6) is 5.75 Å². The van der Waals surface area contributed by atoms with Crippen molar-refractivity contribution in [2.45, 2.75) is 58.6 Å². The number of carbonyl (C=O) groups is 2. The fraction of sp³-hybridized carbons (Fsp3) is 0.571. The minimum atomic E-state index is -0.546. The van der Waals surface area contributed by atoms with E-state index in [9.17, 15) is 9.59 Å². The highest BCUT2D eigenvalue weighted by atomic mass is 16.5. The third kappa shape index (κ3) is 4.89. The summed E-state index contributed by atoms with van der Waals surface area (Å²) >= 11 is 0. The molecule has 0 spiro atoms. The molecule has 38 heavy (non-hydrogen) atoms. The number of nitrogens with zero attached hydrogens (tertiary/aromatic N) is 5. The van der Waals surface area contributed by atoms with Crippen LogP contribution in [0.1, 0.15) is 56.8 Å². The summed E-state index contributed by atoms with van der Waals surface area (Å²) < 4.78 is 11.2. The van der Waals surface area contributed by atoms with Gasteiger partial charge in [-0.05, 0) is 51.8 Å². The predicted molar refractivity (Wildman–Crippen MR) is 146 cm³/mol. The van der Waals surface area contributed by atoms with E-state index < -0.39 is 5.41 Å². The van der Waals surface area contributed by atoms with Gasteiger partial charge < -0.3 is 29.5 Å². The zero-order valence-corrected chi connectivity index (χ0v) is 23.0. The van der Waals surface area contributed by atoms with Gasteiger partial charge in [0.1, 0.15) is 11.4 Å². The van der Waals surface area contributed by atoms with Crippen LogP contribution in [0.3, 0.4) is 0 Å². The fourth-order valence-electron chi connectivity index (χ4n) is 5.61. The second-order valence-corrected chi connectivity index (χ2v) is 11.1. The van der Waals surface area contributed by atoms with Gasteiger partial charge in [-0.2, -0.15) is 4.98 Å². The lowest BCUT2D eigenvalue weighted by molar-refractivity contribution is -0.125. The Hall–Kier alpha value is -3.40. The summed E-state index contributed by atoms with van der Waals surface area (Å²) in [6.07, 6.45) is 6.37. The van der Waals surface area contributed by atoms with Crippen molar-refractivity contribution in [1.82, 2.24) is 14.9 Å². The van der Waals surface area contributed by atoms with Crippen molar-refractivity contribution in [1.29, 1.82) is 0 Å². The number of hydrogen-bond donors (Lipinski definition) is 1. The SMILES string of the molecule is CCOc1cc(C(=O)N2CC(OC)C2)ccc1Nc1ncc2c(n1)N(C1CCCC1)CC(C)(C)C(=O)N2C. The van der Waals surface area contributed by atoms with Crippen LogP contribution in [-0.2, 0) is 9.53 Å². The van der Waals surface area contributed by atoms with Gasteiger partial charge in [0.15, 0.2) is 5.82 Å². The smallest absolute Gasteiger partial charge is 0.254 e.